The Bertz CT molecular complexity index is 3440. The van der Waals surface area contributed by atoms with Gasteiger partial charge in [0.15, 0.2) is 0 Å². The maximum absolute atomic E-state index is 2.44. The molecule has 1 aliphatic rings. The zero-order chi connectivity index (χ0) is 42.6. The Labute approximate surface area is 374 Å². The van der Waals surface area contributed by atoms with Crippen LogP contribution in [0.2, 0.25) is 0 Å². The zero-order valence-corrected chi connectivity index (χ0v) is 35.6. The van der Waals surface area contributed by atoms with Crippen molar-refractivity contribution < 1.29 is 0 Å². The van der Waals surface area contributed by atoms with E-state index in [1.165, 1.54) is 83.0 Å². The van der Waals surface area contributed by atoms with E-state index in [9.17, 15) is 0 Å². The Morgan fingerprint density at radius 3 is 1.58 bits per heavy atom. The molecule has 2 heteroatoms. The molecule has 0 unspecified atom stereocenters. The summed E-state index contributed by atoms with van der Waals surface area (Å²) < 4.78 is 2.42. The second kappa shape index (κ2) is 15.3. The third-order valence-electron chi connectivity index (χ3n) is 13.3. The lowest BCUT2D eigenvalue weighted by molar-refractivity contribution is 0.769. The Morgan fingerprint density at radius 2 is 0.859 bits per heavy atom. The highest BCUT2D eigenvalue weighted by molar-refractivity contribution is 6.11. The first-order valence-electron chi connectivity index (χ1n) is 22.2. The van der Waals surface area contributed by atoms with Gasteiger partial charge in [0.2, 0.25) is 0 Å². The lowest BCUT2D eigenvalue weighted by atomic mass is 9.67. The summed E-state index contributed by atoms with van der Waals surface area (Å²) in [6.07, 6.45) is 0. The van der Waals surface area contributed by atoms with Crippen LogP contribution in [0.25, 0.3) is 60.9 Å². The smallest absolute Gasteiger partial charge is 0.0713 e. The fourth-order valence-corrected chi connectivity index (χ4v) is 10.4. The van der Waals surface area contributed by atoms with Crippen LogP contribution >= 0.6 is 0 Å². The molecule has 12 rings (SSSR count). The van der Waals surface area contributed by atoms with Crippen molar-refractivity contribution in [1.29, 1.82) is 0 Å². The second-order valence-corrected chi connectivity index (χ2v) is 17.0. The lowest BCUT2D eigenvalue weighted by Crippen LogP contribution is -2.28. The molecule has 64 heavy (non-hydrogen) atoms. The van der Waals surface area contributed by atoms with Crippen LogP contribution in [0.3, 0.4) is 0 Å². The molecule has 2 nitrogen and oxygen atoms in total. The predicted molar refractivity (Wildman–Crippen MR) is 268 cm³/mol. The monoisotopic (exact) mass is 816 g/mol. The molecule has 0 radical (unpaired) electrons. The van der Waals surface area contributed by atoms with E-state index in [0.29, 0.717) is 0 Å². The molecule has 0 amide bonds. The van der Waals surface area contributed by atoms with Gasteiger partial charge in [-0.2, -0.15) is 0 Å². The van der Waals surface area contributed by atoms with Gasteiger partial charge in [-0.15, -0.1) is 0 Å². The van der Waals surface area contributed by atoms with E-state index >= 15 is 0 Å². The van der Waals surface area contributed by atoms with Crippen molar-refractivity contribution in [2.45, 2.75) is 12.3 Å². The number of nitrogens with zero attached hydrogens (tertiary/aromatic N) is 2. The first kappa shape index (κ1) is 37.6. The molecule has 11 aromatic rings. The molecular formula is C62H44N2. The summed E-state index contributed by atoms with van der Waals surface area (Å²) >= 11 is 0. The van der Waals surface area contributed by atoms with E-state index < -0.39 is 5.41 Å². The number of anilines is 3. The summed E-state index contributed by atoms with van der Waals surface area (Å²) in [5.74, 6) is 0. The van der Waals surface area contributed by atoms with Gasteiger partial charge in [0.25, 0.3) is 0 Å². The van der Waals surface area contributed by atoms with E-state index in [2.05, 4.69) is 265 Å². The number of hydrogen-bond donors (Lipinski definition) is 0. The average molecular weight is 817 g/mol. The van der Waals surface area contributed by atoms with Crippen molar-refractivity contribution in [2.24, 2.45) is 0 Å². The Hall–Kier alpha value is -8.20. The Kier molecular flexibility index (Phi) is 8.98. The highest BCUT2D eigenvalue weighted by atomic mass is 15.1. The molecule has 10 aromatic carbocycles. The molecule has 0 saturated heterocycles. The summed E-state index contributed by atoms with van der Waals surface area (Å²) in [4.78, 5) is 2.38. The lowest BCUT2D eigenvalue weighted by Gasteiger charge is -2.34. The molecule has 0 aliphatic heterocycles. The van der Waals surface area contributed by atoms with Crippen LogP contribution in [-0.2, 0) is 5.41 Å². The first-order chi connectivity index (χ1) is 31.6. The van der Waals surface area contributed by atoms with Gasteiger partial charge in [-0.1, -0.05) is 181 Å². The number of fused-ring (bicyclic) bond motifs is 6. The quantitative estimate of drug-likeness (QED) is 0.148. The van der Waals surface area contributed by atoms with Gasteiger partial charge < -0.3 is 9.47 Å². The van der Waals surface area contributed by atoms with Crippen LogP contribution in [0.4, 0.5) is 17.1 Å². The van der Waals surface area contributed by atoms with E-state index in [4.69, 9.17) is 0 Å². The number of rotatable bonds is 8. The summed E-state index contributed by atoms with van der Waals surface area (Å²) in [7, 11) is 0. The topological polar surface area (TPSA) is 8.17 Å². The van der Waals surface area contributed by atoms with Crippen molar-refractivity contribution in [3.05, 3.63) is 277 Å². The highest BCUT2D eigenvalue weighted by Gasteiger charge is 2.46. The third-order valence-corrected chi connectivity index (χ3v) is 13.3. The SMILES string of the molecule is Cc1ccc2c(c1)c1cc(N(c3ccccc3)c3ccc(-c4ccc5c(c4)C(c4ccccc4)(c4ccccc4)c4ccccc4-5)cc3)ccc1n2-c1cccc(-c2ccccc2)c1. The fraction of sp³-hybridized carbons (Fsp3) is 0.0323. The van der Waals surface area contributed by atoms with Crippen LogP contribution in [-0.4, -0.2) is 4.57 Å². The van der Waals surface area contributed by atoms with Crippen molar-refractivity contribution in [3.63, 3.8) is 0 Å². The molecule has 1 aliphatic carbocycles. The van der Waals surface area contributed by atoms with Crippen LogP contribution in [0, 0.1) is 6.92 Å². The van der Waals surface area contributed by atoms with Gasteiger partial charge in [-0.25, -0.2) is 0 Å². The van der Waals surface area contributed by atoms with Crippen LogP contribution < -0.4 is 4.90 Å². The second-order valence-electron chi connectivity index (χ2n) is 17.0. The van der Waals surface area contributed by atoms with Crippen LogP contribution in [0.5, 0.6) is 0 Å². The maximum Gasteiger partial charge on any atom is 0.0713 e. The molecule has 0 atom stereocenters. The van der Waals surface area contributed by atoms with Crippen molar-refractivity contribution in [3.8, 4) is 39.1 Å². The summed E-state index contributed by atoms with van der Waals surface area (Å²) in [6.45, 7) is 2.18. The minimum atomic E-state index is -0.445. The largest absolute Gasteiger partial charge is 0.310 e. The summed E-state index contributed by atoms with van der Waals surface area (Å²) in [6, 6.07) is 91.3. The van der Waals surface area contributed by atoms with E-state index in [-0.39, 0.29) is 0 Å². The van der Waals surface area contributed by atoms with Crippen LogP contribution in [0.1, 0.15) is 27.8 Å². The van der Waals surface area contributed by atoms with E-state index in [1.807, 2.05) is 0 Å². The van der Waals surface area contributed by atoms with Gasteiger partial charge in [-0.3, -0.25) is 0 Å². The first-order valence-corrected chi connectivity index (χ1v) is 22.2. The number of hydrogen-bond acceptors (Lipinski definition) is 1. The third kappa shape index (κ3) is 6.02. The molecule has 0 N–H and O–H groups in total. The molecule has 1 heterocycles. The molecule has 0 bridgehead atoms. The van der Waals surface area contributed by atoms with Crippen molar-refractivity contribution in [2.75, 3.05) is 4.90 Å². The number of para-hydroxylation sites is 1. The number of aromatic nitrogens is 1. The number of aryl methyl sites for hydroxylation is 1. The fourth-order valence-electron chi connectivity index (χ4n) is 10.4. The van der Waals surface area contributed by atoms with Gasteiger partial charge >= 0.3 is 0 Å². The average Bonchev–Trinajstić information content (AvgIpc) is 3.85. The van der Waals surface area contributed by atoms with Gasteiger partial charge in [-0.05, 0) is 135 Å². The van der Waals surface area contributed by atoms with Gasteiger partial charge in [0.1, 0.15) is 0 Å². The van der Waals surface area contributed by atoms with Gasteiger partial charge in [0, 0.05) is 33.5 Å². The minimum Gasteiger partial charge on any atom is -0.310 e. The number of benzene rings is 10. The molecule has 0 fully saturated rings. The summed E-state index contributed by atoms with van der Waals surface area (Å²) in [5, 5.41) is 2.46. The standard InChI is InChI=1S/C62H44N2/c1-43-29-37-60-56(39-43)57-42-53(35-38-61(57)64(60)52-26-16-19-46(40-52)44-17-6-2-7-18-44)63(50-24-12-5-13-25-50)51-33-30-45(31-34-51)47-32-36-55-54-27-14-15-28-58(54)62(59(55)41-47,48-20-8-3-9-21-48)49-22-10-4-11-23-49/h2-42H,1H3. The van der Waals surface area contributed by atoms with E-state index in [1.54, 1.807) is 0 Å². The molecule has 0 spiro atoms. The minimum absolute atomic E-state index is 0.445. The highest BCUT2D eigenvalue weighted by Crippen LogP contribution is 2.56. The normalized spacial score (nSPS) is 12.6. The van der Waals surface area contributed by atoms with Crippen molar-refractivity contribution >= 4 is 38.9 Å². The maximum atomic E-state index is 2.44. The molecule has 1 aromatic heterocycles. The van der Waals surface area contributed by atoms with E-state index in [0.717, 1.165) is 22.7 Å². The van der Waals surface area contributed by atoms with Crippen LogP contribution in [0.15, 0.2) is 249 Å². The Balaban J connectivity index is 0.976. The molecular weight excluding hydrogens is 773 g/mol. The molecule has 0 saturated carbocycles. The van der Waals surface area contributed by atoms with Gasteiger partial charge in [0.05, 0.1) is 16.4 Å². The molecule has 302 valence electrons. The summed E-state index contributed by atoms with van der Waals surface area (Å²) in [5.41, 5.74) is 20.2. The predicted octanol–water partition coefficient (Wildman–Crippen LogP) is 16.3. The van der Waals surface area contributed by atoms with Crippen molar-refractivity contribution in [1.82, 2.24) is 4.57 Å². The Morgan fingerprint density at radius 1 is 0.344 bits per heavy atom. The zero-order valence-electron chi connectivity index (χ0n) is 35.6.